The fourth-order valence-corrected chi connectivity index (χ4v) is 4.43. The molecular formula is C15H21NO5S. The summed E-state index contributed by atoms with van der Waals surface area (Å²) in [5.74, 6) is -1.75. The van der Waals surface area contributed by atoms with Gasteiger partial charge < -0.3 is 10.2 Å². The van der Waals surface area contributed by atoms with Crippen molar-refractivity contribution in [2.45, 2.75) is 37.8 Å². The Morgan fingerprint density at radius 3 is 2.27 bits per heavy atom. The van der Waals surface area contributed by atoms with E-state index < -0.39 is 34.1 Å². The van der Waals surface area contributed by atoms with E-state index in [0.717, 1.165) is 9.87 Å². The van der Waals surface area contributed by atoms with E-state index in [1.165, 1.54) is 12.1 Å². The average molecular weight is 327 g/mol. The van der Waals surface area contributed by atoms with Crippen LogP contribution in [0.5, 0.6) is 0 Å². The van der Waals surface area contributed by atoms with E-state index in [2.05, 4.69) is 0 Å². The number of aliphatic carboxylic acids is 1. The van der Waals surface area contributed by atoms with Gasteiger partial charge in [0.25, 0.3) is 0 Å². The predicted molar refractivity (Wildman–Crippen MR) is 80.8 cm³/mol. The van der Waals surface area contributed by atoms with Gasteiger partial charge in [-0.15, -0.1) is 0 Å². The maximum Gasteiger partial charge on any atom is 0.324 e. The summed E-state index contributed by atoms with van der Waals surface area (Å²) in [7, 11) is -3.96. The van der Waals surface area contributed by atoms with E-state index in [-0.39, 0.29) is 17.4 Å². The third-order valence-electron chi connectivity index (χ3n) is 4.20. The van der Waals surface area contributed by atoms with Crippen molar-refractivity contribution < 1.29 is 23.4 Å². The number of aliphatic hydroxyl groups excluding tert-OH is 1. The Hall–Kier alpha value is -1.44. The Morgan fingerprint density at radius 2 is 1.82 bits per heavy atom. The number of aliphatic hydroxyl groups is 1. The summed E-state index contributed by atoms with van der Waals surface area (Å²) in [6.45, 7) is 5.53. The Morgan fingerprint density at radius 1 is 1.27 bits per heavy atom. The standard InChI is InChI=1S/C15H21NO5S/c1-9(2)12-8-16(13(14(12)17)15(18)19)22(20,21)11-6-4-10(3)5-7-11/h4-7,9,12-14,17H,8H2,1-3H3,(H,18,19). The van der Waals surface area contributed by atoms with E-state index in [1.54, 1.807) is 12.1 Å². The Balaban J connectivity index is 2.44. The molecular weight excluding hydrogens is 306 g/mol. The van der Waals surface area contributed by atoms with E-state index >= 15 is 0 Å². The normalized spacial score (nSPS) is 26.5. The molecule has 0 bridgehead atoms. The van der Waals surface area contributed by atoms with Crippen molar-refractivity contribution in [3.05, 3.63) is 29.8 Å². The first kappa shape index (κ1) is 16.9. The molecule has 0 radical (unpaired) electrons. The van der Waals surface area contributed by atoms with Crippen molar-refractivity contribution in [1.82, 2.24) is 4.31 Å². The molecule has 2 rings (SSSR count). The number of carboxylic acid groups (broad SMARTS) is 1. The van der Waals surface area contributed by atoms with Crippen LogP contribution in [0.25, 0.3) is 0 Å². The number of carbonyl (C=O) groups is 1. The van der Waals surface area contributed by atoms with Crippen LogP contribution in [0, 0.1) is 18.8 Å². The highest BCUT2D eigenvalue weighted by atomic mass is 32.2. The SMILES string of the molecule is Cc1ccc(S(=O)(=O)N2CC(C(C)C)C(O)C2C(=O)O)cc1. The van der Waals surface area contributed by atoms with Crippen molar-refractivity contribution in [2.75, 3.05) is 6.54 Å². The lowest BCUT2D eigenvalue weighted by molar-refractivity contribution is -0.143. The lowest BCUT2D eigenvalue weighted by Gasteiger charge is -2.22. The molecule has 1 aromatic carbocycles. The van der Waals surface area contributed by atoms with E-state index in [1.807, 2.05) is 20.8 Å². The number of hydrogen-bond acceptors (Lipinski definition) is 4. The van der Waals surface area contributed by atoms with Gasteiger partial charge in [0, 0.05) is 12.5 Å². The van der Waals surface area contributed by atoms with Crippen molar-refractivity contribution >= 4 is 16.0 Å². The molecule has 0 aliphatic carbocycles. The summed E-state index contributed by atoms with van der Waals surface area (Å²) in [5.41, 5.74) is 0.912. The van der Waals surface area contributed by atoms with Crippen molar-refractivity contribution in [2.24, 2.45) is 11.8 Å². The molecule has 1 aliphatic heterocycles. The first-order valence-electron chi connectivity index (χ1n) is 7.15. The van der Waals surface area contributed by atoms with Gasteiger partial charge in [0.05, 0.1) is 11.0 Å². The van der Waals surface area contributed by atoms with Gasteiger partial charge in [0.15, 0.2) is 0 Å². The quantitative estimate of drug-likeness (QED) is 0.863. The number of rotatable bonds is 4. The second-order valence-electron chi connectivity index (χ2n) is 6.07. The Bertz CT molecular complexity index is 653. The fraction of sp³-hybridized carbons (Fsp3) is 0.533. The van der Waals surface area contributed by atoms with E-state index in [9.17, 15) is 23.4 Å². The zero-order valence-electron chi connectivity index (χ0n) is 12.8. The van der Waals surface area contributed by atoms with Crippen LogP contribution in [0.4, 0.5) is 0 Å². The zero-order chi connectivity index (χ0) is 16.7. The van der Waals surface area contributed by atoms with Gasteiger partial charge >= 0.3 is 5.97 Å². The highest BCUT2D eigenvalue weighted by Gasteiger charge is 2.51. The summed E-state index contributed by atoms with van der Waals surface area (Å²) >= 11 is 0. The smallest absolute Gasteiger partial charge is 0.324 e. The first-order valence-corrected chi connectivity index (χ1v) is 8.59. The molecule has 7 heteroatoms. The molecule has 0 aromatic heterocycles. The number of nitrogens with zero attached hydrogens (tertiary/aromatic N) is 1. The van der Waals surface area contributed by atoms with Gasteiger partial charge in [0.2, 0.25) is 10.0 Å². The average Bonchev–Trinajstić information content (AvgIpc) is 2.77. The lowest BCUT2D eigenvalue weighted by atomic mass is 9.91. The molecule has 0 saturated carbocycles. The third-order valence-corrected chi connectivity index (χ3v) is 6.06. The van der Waals surface area contributed by atoms with E-state index in [0.29, 0.717) is 0 Å². The number of hydrogen-bond donors (Lipinski definition) is 2. The number of carboxylic acids is 1. The summed E-state index contributed by atoms with van der Waals surface area (Å²) < 4.78 is 26.4. The minimum Gasteiger partial charge on any atom is -0.480 e. The highest BCUT2D eigenvalue weighted by molar-refractivity contribution is 7.89. The van der Waals surface area contributed by atoms with Crippen LogP contribution in [0.15, 0.2) is 29.2 Å². The maximum atomic E-state index is 12.7. The summed E-state index contributed by atoms with van der Waals surface area (Å²) in [5, 5.41) is 19.6. The Labute approximate surface area is 130 Å². The molecule has 3 unspecified atom stereocenters. The lowest BCUT2D eigenvalue weighted by Crippen LogP contribution is -2.45. The van der Waals surface area contributed by atoms with Crippen molar-refractivity contribution in [1.29, 1.82) is 0 Å². The summed E-state index contributed by atoms with van der Waals surface area (Å²) in [6.07, 6.45) is -1.21. The molecule has 22 heavy (non-hydrogen) atoms. The molecule has 1 aromatic rings. The van der Waals surface area contributed by atoms with Crippen LogP contribution >= 0.6 is 0 Å². The molecule has 1 heterocycles. The molecule has 2 N–H and O–H groups in total. The summed E-state index contributed by atoms with van der Waals surface area (Å²) in [4.78, 5) is 11.5. The van der Waals surface area contributed by atoms with Gasteiger partial charge in [-0.1, -0.05) is 31.5 Å². The molecule has 1 fully saturated rings. The Kier molecular flexibility index (Phi) is 4.60. The van der Waals surface area contributed by atoms with Crippen LogP contribution in [-0.4, -0.2) is 47.6 Å². The topological polar surface area (TPSA) is 94.9 Å². The van der Waals surface area contributed by atoms with Gasteiger partial charge in [0.1, 0.15) is 6.04 Å². The second kappa shape index (κ2) is 5.98. The van der Waals surface area contributed by atoms with Crippen LogP contribution < -0.4 is 0 Å². The molecule has 122 valence electrons. The molecule has 6 nitrogen and oxygen atoms in total. The highest BCUT2D eigenvalue weighted by Crippen LogP contribution is 2.34. The largest absolute Gasteiger partial charge is 0.480 e. The minimum absolute atomic E-state index is 0.00596. The summed E-state index contributed by atoms with van der Waals surface area (Å²) in [6, 6.07) is 4.79. The van der Waals surface area contributed by atoms with E-state index in [4.69, 9.17) is 0 Å². The van der Waals surface area contributed by atoms with Crippen molar-refractivity contribution in [3.63, 3.8) is 0 Å². The maximum absolute atomic E-state index is 12.7. The predicted octanol–water partition coefficient (Wildman–Crippen LogP) is 1.09. The van der Waals surface area contributed by atoms with Gasteiger partial charge in [-0.2, -0.15) is 4.31 Å². The van der Waals surface area contributed by atoms with Crippen molar-refractivity contribution in [3.8, 4) is 0 Å². The van der Waals surface area contributed by atoms with Crippen LogP contribution in [-0.2, 0) is 14.8 Å². The minimum atomic E-state index is -3.96. The van der Waals surface area contributed by atoms with Gasteiger partial charge in [-0.3, -0.25) is 4.79 Å². The molecule has 1 saturated heterocycles. The molecule has 0 amide bonds. The zero-order valence-corrected chi connectivity index (χ0v) is 13.6. The molecule has 0 spiro atoms. The van der Waals surface area contributed by atoms with Crippen LogP contribution in [0.3, 0.4) is 0 Å². The second-order valence-corrected chi connectivity index (χ2v) is 7.96. The monoisotopic (exact) mass is 327 g/mol. The third kappa shape index (κ3) is 2.88. The van der Waals surface area contributed by atoms with Gasteiger partial charge in [-0.25, -0.2) is 8.42 Å². The van der Waals surface area contributed by atoms with Gasteiger partial charge in [-0.05, 0) is 25.0 Å². The number of benzene rings is 1. The molecule has 3 atom stereocenters. The number of aryl methyl sites for hydroxylation is 1. The molecule has 1 aliphatic rings. The number of sulfonamides is 1. The first-order chi connectivity index (χ1) is 10.2. The fourth-order valence-electron chi connectivity index (χ4n) is 2.80. The van der Waals surface area contributed by atoms with Crippen LogP contribution in [0.2, 0.25) is 0 Å². The van der Waals surface area contributed by atoms with Crippen LogP contribution in [0.1, 0.15) is 19.4 Å².